The van der Waals surface area contributed by atoms with Crippen molar-refractivity contribution in [1.82, 2.24) is 4.90 Å². The van der Waals surface area contributed by atoms with Gasteiger partial charge in [-0.05, 0) is 19.8 Å². The number of likely N-dealkylation sites (tertiary alicyclic amines) is 1. The van der Waals surface area contributed by atoms with Crippen molar-refractivity contribution in [3.05, 3.63) is 0 Å². The summed E-state index contributed by atoms with van der Waals surface area (Å²) in [5.74, 6) is 0. The second-order valence-electron chi connectivity index (χ2n) is 5.18. The van der Waals surface area contributed by atoms with Gasteiger partial charge in [-0.1, -0.05) is 19.3 Å². The van der Waals surface area contributed by atoms with E-state index in [1.54, 1.807) is 0 Å². The van der Waals surface area contributed by atoms with Crippen LogP contribution in [-0.4, -0.2) is 35.7 Å². The molecule has 13 heavy (non-hydrogen) atoms. The summed E-state index contributed by atoms with van der Waals surface area (Å²) in [5, 5.41) is 0. The molecule has 0 bridgehead atoms. The maximum atomic E-state index is 5.48. The lowest BCUT2D eigenvalue weighted by molar-refractivity contribution is 0.0538. The Morgan fingerprint density at radius 2 is 1.69 bits per heavy atom. The summed E-state index contributed by atoms with van der Waals surface area (Å²) in [6.07, 6.45) is 8.36. The van der Waals surface area contributed by atoms with E-state index in [0.29, 0.717) is 17.7 Å². The molecule has 2 atom stereocenters. The smallest absolute Gasteiger partial charge is 0.0981 e. The standard InChI is InChI=1S/C11H19NO/c1-11(5-3-2-4-6-11)12-7-9-10(8-12)13-9/h9-10H,2-8H2,1H3. The van der Waals surface area contributed by atoms with Crippen molar-refractivity contribution in [1.29, 1.82) is 0 Å². The van der Waals surface area contributed by atoms with Gasteiger partial charge in [0.1, 0.15) is 0 Å². The molecule has 2 saturated heterocycles. The lowest BCUT2D eigenvalue weighted by atomic mass is 9.82. The van der Waals surface area contributed by atoms with Crippen LogP contribution in [0.3, 0.4) is 0 Å². The van der Waals surface area contributed by atoms with Crippen molar-refractivity contribution in [3.63, 3.8) is 0 Å². The molecule has 3 aliphatic rings. The van der Waals surface area contributed by atoms with Crippen molar-refractivity contribution >= 4 is 0 Å². The molecule has 3 fully saturated rings. The maximum Gasteiger partial charge on any atom is 0.0981 e. The highest BCUT2D eigenvalue weighted by molar-refractivity contribution is 5.03. The molecule has 0 aromatic carbocycles. The predicted octanol–water partition coefficient (Wildman–Crippen LogP) is 1.79. The fraction of sp³-hybridized carbons (Fsp3) is 1.00. The van der Waals surface area contributed by atoms with Gasteiger partial charge in [-0.15, -0.1) is 0 Å². The number of ether oxygens (including phenoxy) is 1. The molecule has 1 saturated carbocycles. The lowest BCUT2D eigenvalue weighted by Crippen LogP contribution is -2.47. The quantitative estimate of drug-likeness (QED) is 0.573. The first kappa shape index (κ1) is 8.25. The van der Waals surface area contributed by atoms with Gasteiger partial charge >= 0.3 is 0 Å². The Hall–Kier alpha value is -0.0800. The number of nitrogens with zero attached hydrogens (tertiary/aromatic N) is 1. The monoisotopic (exact) mass is 181 g/mol. The first-order valence-electron chi connectivity index (χ1n) is 5.68. The van der Waals surface area contributed by atoms with Gasteiger partial charge in [0, 0.05) is 18.6 Å². The fourth-order valence-corrected chi connectivity index (χ4v) is 3.08. The van der Waals surface area contributed by atoms with Gasteiger partial charge in [-0.3, -0.25) is 4.90 Å². The van der Waals surface area contributed by atoms with Crippen LogP contribution in [0.2, 0.25) is 0 Å². The topological polar surface area (TPSA) is 15.8 Å². The first-order chi connectivity index (χ1) is 6.28. The van der Waals surface area contributed by atoms with Crippen LogP contribution in [-0.2, 0) is 4.74 Å². The number of hydrogen-bond donors (Lipinski definition) is 0. The first-order valence-corrected chi connectivity index (χ1v) is 5.68. The molecule has 0 aromatic rings. The van der Waals surface area contributed by atoms with E-state index in [1.807, 2.05) is 0 Å². The zero-order valence-electron chi connectivity index (χ0n) is 8.46. The molecule has 0 amide bonds. The molecule has 0 N–H and O–H groups in total. The number of morpholine rings is 1. The van der Waals surface area contributed by atoms with E-state index in [-0.39, 0.29) is 0 Å². The average Bonchev–Trinajstić information content (AvgIpc) is 2.75. The van der Waals surface area contributed by atoms with Crippen molar-refractivity contribution in [2.75, 3.05) is 13.1 Å². The summed E-state index contributed by atoms with van der Waals surface area (Å²) < 4.78 is 5.48. The maximum absolute atomic E-state index is 5.48. The molecule has 2 nitrogen and oxygen atoms in total. The number of rotatable bonds is 1. The van der Waals surface area contributed by atoms with Crippen LogP contribution < -0.4 is 0 Å². The van der Waals surface area contributed by atoms with Gasteiger partial charge < -0.3 is 4.74 Å². The van der Waals surface area contributed by atoms with Gasteiger partial charge in [0.2, 0.25) is 0 Å². The Morgan fingerprint density at radius 1 is 1.08 bits per heavy atom. The summed E-state index contributed by atoms with van der Waals surface area (Å²) in [4.78, 5) is 2.69. The third-order valence-corrected chi connectivity index (χ3v) is 4.18. The van der Waals surface area contributed by atoms with Crippen molar-refractivity contribution < 1.29 is 4.74 Å². The third-order valence-electron chi connectivity index (χ3n) is 4.18. The Morgan fingerprint density at radius 3 is 2.31 bits per heavy atom. The van der Waals surface area contributed by atoms with Crippen LogP contribution >= 0.6 is 0 Å². The van der Waals surface area contributed by atoms with Gasteiger partial charge in [0.25, 0.3) is 0 Å². The molecule has 3 rings (SSSR count). The van der Waals surface area contributed by atoms with Crippen LogP contribution in [0.5, 0.6) is 0 Å². The van der Waals surface area contributed by atoms with Gasteiger partial charge in [0.05, 0.1) is 12.2 Å². The van der Waals surface area contributed by atoms with Gasteiger partial charge in [-0.2, -0.15) is 0 Å². The van der Waals surface area contributed by atoms with Gasteiger partial charge in [0.15, 0.2) is 0 Å². The summed E-state index contributed by atoms with van der Waals surface area (Å²) in [7, 11) is 0. The van der Waals surface area contributed by atoms with Crippen LogP contribution in [0.15, 0.2) is 0 Å². The molecule has 1 aliphatic carbocycles. The molecule has 0 radical (unpaired) electrons. The molecular formula is C11H19NO. The SMILES string of the molecule is CC1(N2CC3OC3C2)CCCCC1. The van der Waals surface area contributed by atoms with Crippen molar-refractivity contribution in [2.45, 2.75) is 56.8 Å². The molecule has 74 valence electrons. The van der Waals surface area contributed by atoms with Crippen LogP contribution in [0.1, 0.15) is 39.0 Å². The van der Waals surface area contributed by atoms with Crippen molar-refractivity contribution in [3.8, 4) is 0 Å². The third kappa shape index (κ3) is 1.31. The van der Waals surface area contributed by atoms with Crippen LogP contribution in [0.25, 0.3) is 0 Å². The molecular weight excluding hydrogens is 162 g/mol. The minimum atomic E-state index is 0.523. The summed E-state index contributed by atoms with van der Waals surface area (Å²) in [5.41, 5.74) is 0.523. The van der Waals surface area contributed by atoms with E-state index in [1.165, 1.54) is 45.2 Å². The Labute approximate surface area is 80.2 Å². The number of epoxide rings is 1. The summed E-state index contributed by atoms with van der Waals surface area (Å²) in [6, 6.07) is 0. The second kappa shape index (κ2) is 2.71. The van der Waals surface area contributed by atoms with Gasteiger partial charge in [-0.25, -0.2) is 0 Å². The minimum absolute atomic E-state index is 0.523. The normalized spacial score (nSPS) is 43.2. The highest BCUT2D eigenvalue weighted by Crippen LogP contribution is 2.40. The Balaban J connectivity index is 1.68. The molecule has 2 unspecified atom stereocenters. The lowest BCUT2D eigenvalue weighted by Gasteiger charge is -2.42. The van der Waals surface area contributed by atoms with E-state index in [0.717, 1.165) is 0 Å². The summed E-state index contributed by atoms with van der Waals surface area (Å²) in [6.45, 7) is 4.87. The highest BCUT2D eigenvalue weighted by Gasteiger charge is 2.51. The van der Waals surface area contributed by atoms with Crippen molar-refractivity contribution in [2.24, 2.45) is 0 Å². The van der Waals surface area contributed by atoms with E-state index in [2.05, 4.69) is 11.8 Å². The van der Waals surface area contributed by atoms with E-state index in [4.69, 9.17) is 4.74 Å². The largest absolute Gasteiger partial charge is 0.367 e. The zero-order chi connectivity index (χ0) is 8.89. The number of hydrogen-bond acceptors (Lipinski definition) is 2. The van der Waals surface area contributed by atoms with Crippen LogP contribution in [0.4, 0.5) is 0 Å². The number of fused-ring (bicyclic) bond motifs is 1. The fourth-order valence-electron chi connectivity index (χ4n) is 3.08. The molecule has 0 aromatic heterocycles. The second-order valence-corrected chi connectivity index (χ2v) is 5.18. The van der Waals surface area contributed by atoms with E-state index >= 15 is 0 Å². The molecule has 2 heteroatoms. The Bertz CT molecular complexity index is 200. The van der Waals surface area contributed by atoms with E-state index in [9.17, 15) is 0 Å². The zero-order valence-corrected chi connectivity index (χ0v) is 8.46. The average molecular weight is 181 g/mol. The summed E-state index contributed by atoms with van der Waals surface area (Å²) >= 11 is 0. The molecule has 2 heterocycles. The highest BCUT2D eigenvalue weighted by atomic mass is 16.6. The van der Waals surface area contributed by atoms with Crippen LogP contribution in [0, 0.1) is 0 Å². The minimum Gasteiger partial charge on any atom is -0.367 e. The molecule has 2 aliphatic heterocycles. The predicted molar refractivity (Wildman–Crippen MR) is 51.7 cm³/mol. The molecule has 0 spiro atoms. The Kier molecular flexibility index (Phi) is 1.72. The van der Waals surface area contributed by atoms with E-state index < -0.39 is 0 Å².